The molecule has 0 fully saturated rings. The van der Waals surface area contributed by atoms with Gasteiger partial charge in [0.05, 0.1) is 10.2 Å². The number of carbonyl (C=O) groups is 1. The Kier molecular flexibility index (Phi) is 5.74. The van der Waals surface area contributed by atoms with Crippen molar-refractivity contribution in [3.63, 3.8) is 0 Å². The van der Waals surface area contributed by atoms with E-state index in [0.717, 1.165) is 28.6 Å². The van der Waals surface area contributed by atoms with Crippen molar-refractivity contribution in [1.29, 1.82) is 0 Å². The van der Waals surface area contributed by atoms with Gasteiger partial charge in [0, 0.05) is 23.4 Å². The van der Waals surface area contributed by atoms with Crippen LogP contribution < -0.4 is 5.32 Å². The molecule has 2 aromatic carbocycles. The average Bonchev–Trinajstić information content (AvgIpc) is 3.13. The maximum absolute atomic E-state index is 12.5. The van der Waals surface area contributed by atoms with E-state index in [0.29, 0.717) is 5.56 Å². The number of carbonyl (C=O) groups excluding carboxylic acids is 1. The van der Waals surface area contributed by atoms with Gasteiger partial charge in [0.15, 0.2) is 0 Å². The minimum Gasteiger partial charge on any atom is -0.411 e. The molecule has 0 unspecified atom stereocenters. The molecular weight excluding hydrogens is 380 g/mol. The molecule has 1 N–H and O–H groups in total. The fourth-order valence-corrected chi connectivity index (χ4v) is 3.25. The molecule has 0 bridgehead atoms. The number of aryl methyl sites for hydroxylation is 2. The van der Waals surface area contributed by atoms with Gasteiger partial charge in [-0.15, -0.1) is 10.2 Å². The van der Waals surface area contributed by atoms with Crippen LogP contribution in [0.1, 0.15) is 18.1 Å². The summed E-state index contributed by atoms with van der Waals surface area (Å²) >= 11 is 1.12. The number of anilines is 1. The van der Waals surface area contributed by atoms with E-state index in [1.54, 1.807) is 19.1 Å². The summed E-state index contributed by atoms with van der Waals surface area (Å²) in [5.41, 5.74) is 3.14. The molecule has 0 spiro atoms. The molecule has 1 heterocycles. The third-order valence-electron chi connectivity index (χ3n) is 4.09. The van der Waals surface area contributed by atoms with E-state index in [9.17, 15) is 14.9 Å². The van der Waals surface area contributed by atoms with E-state index in [1.807, 2.05) is 32.0 Å². The van der Waals surface area contributed by atoms with E-state index < -0.39 is 10.2 Å². The van der Waals surface area contributed by atoms with E-state index in [-0.39, 0.29) is 22.7 Å². The zero-order chi connectivity index (χ0) is 20.3. The number of nitro groups is 1. The van der Waals surface area contributed by atoms with Crippen molar-refractivity contribution < 1.29 is 14.1 Å². The molecule has 3 aromatic rings. The third kappa shape index (κ3) is 4.37. The van der Waals surface area contributed by atoms with Crippen LogP contribution in [0.15, 0.2) is 52.1 Å². The lowest BCUT2D eigenvalue weighted by molar-refractivity contribution is -0.384. The van der Waals surface area contributed by atoms with Gasteiger partial charge in [-0.25, -0.2) is 0 Å². The summed E-state index contributed by atoms with van der Waals surface area (Å²) in [5, 5.41) is 21.4. The van der Waals surface area contributed by atoms with Gasteiger partial charge in [-0.1, -0.05) is 36.0 Å². The molecule has 144 valence electrons. The predicted octanol–water partition coefficient (Wildman–Crippen LogP) is 4.38. The van der Waals surface area contributed by atoms with E-state index in [1.165, 1.54) is 12.1 Å². The van der Waals surface area contributed by atoms with Crippen LogP contribution in [0.25, 0.3) is 11.5 Å². The van der Waals surface area contributed by atoms with E-state index in [4.69, 9.17) is 4.42 Å². The lowest BCUT2D eigenvalue weighted by Gasteiger charge is -2.14. The zero-order valence-electron chi connectivity index (χ0n) is 15.5. The molecule has 8 nitrogen and oxygen atoms in total. The Morgan fingerprint density at radius 2 is 1.86 bits per heavy atom. The monoisotopic (exact) mass is 398 g/mol. The first-order valence-electron chi connectivity index (χ1n) is 8.47. The number of para-hydroxylation sites is 1. The summed E-state index contributed by atoms with van der Waals surface area (Å²) in [7, 11) is 0. The highest BCUT2D eigenvalue weighted by Gasteiger charge is 2.20. The lowest BCUT2D eigenvalue weighted by atomic mass is 10.1. The summed E-state index contributed by atoms with van der Waals surface area (Å²) in [6.07, 6.45) is 0. The highest BCUT2D eigenvalue weighted by Crippen LogP contribution is 2.29. The van der Waals surface area contributed by atoms with Crippen LogP contribution in [-0.4, -0.2) is 26.3 Å². The molecule has 0 aliphatic heterocycles. The molecule has 0 aliphatic carbocycles. The van der Waals surface area contributed by atoms with Crippen LogP contribution in [0.2, 0.25) is 0 Å². The van der Waals surface area contributed by atoms with Crippen LogP contribution >= 0.6 is 11.8 Å². The number of rotatable bonds is 6. The summed E-state index contributed by atoms with van der Waals surface area (Å²) in [4.78, 5) is 22.9. The standard InChI is InChI=1S/C19H18N4O4S/c1-11-6-4-7-12(2)16(11)20-17(24)13(3)28-19-22-21-18(27-19)14-8-5-9-15(10-14)23(25)26/h4-10,13H,1-3H3,(H,20,24)/t13-/m0/s1. The van der Waals surface area contributed by atoms with Crippen molar-refractivity contribution in [2.45, 2.75) is 31.2 Å². The van der Waals surface area contributed by atoms with Gasteiger partial charge in [-0.2, -0.15) is 0 Å². The average molecular weight is 398 g/mol. The molecular formula is C19H18N4O4S. The summed E-state index contributed by atoms with van der Waals surface area (Å²) < 4.78 is 5.56. The zero-order valence-corrected chi connectivity index (χ0v) is 16.3. The second-order valence-electron chi connectivity index (χ2n) is 6.20. The Morgan fingerprint density at radius 1 is 1.18 bits per heavy atom. The highest BCUT2D eigenvalue weighted by molar-refractivity contribution is 8.00. The van der Waals surface area contributed by atoms with Crippen molar-refractivity contribution in [1.82, 2.24) is 10.2 Å². The number of nitrogens with one attached hydrogen (secondary N) is 1. The van der Waals surface area contributed by atoms with Crippen molar-refractivity contribution >= 4 is 29.0 Å². The number of hydrogen-bond acceptors (Lipinski definition) is 7. The number of nitrogens with zero attached hydrogens (tertiary/aromatic N) is 3. The fourth-order valence-electron chi connectivity index (χ4n) is 2.57. The Labute approximate surface area is 165 Å². The number of nitro benzene ring substituents is 1. The Morgan fingerprint density at radius 3 is 2.54 bits per heavy atom. The molecule has 0 aliphatic rings. The van der Waals surface area contributed by atoms with E-state index in [2.05, 4.69) is 15.5 Å². The summed E-state index contributed by atoms with van der Waals surface area (Å²) in [6.45, 7) is 5.61. The Hall–Kier alpha value is -3.20. The van der Waals surface area contributed by atoms with Gasteiger partial charge in [0.2, 0.25) is 11.8 Å². The summed E-state index contributed by atoms with van der Waals surface area (Å²) in [6, 6.07) is 11.7. The topological polar surface area (TPSA) is 111 Å². The fraction of sp³-hybridized carbons (Fsp3) is 0.211. The molecule has 0 radical (unpaired) electrons. The lowest BCUT2D eigenvalue weighted by Crippen LogP contribution is -2.23. The van der Waals surface area contributed by atoms with Gasteiger partial charge in [-0.05, 0) is 38.0 Å². The molecule has 0 saturated carbocycles. The number of non-ortho nitro benzene ring substituents is 1. The minimum absolute atomic E-state index is 0.0637. The van der Waals surface area contributed by atoms with Crippen molar-refractivity contribution in [3.05, 3.63) is 63.7 Å². The number of amides is 1. The van der Waals surface area contributed by atoms with Gasteiger partial charge in [-0.3, -0.25) is 14.9 Å². The molecule has 28 heavy (non-hydrogen) atoms. The first-order valence-corrected chi connectivity index (χ1v) is 9.35. The molecule has 1 amide bonds. The highest BCUT2D eigenvalue weighted by atomic mass is 32.2. The number of aromatic nitrogens is 2. The molecule has 1 aromatic heterocycles. The van der Waals surface area contributed by atoms with Gasteiger partial charge >= 0.3 is 0 Å². The van der Waals surface area contributed by atoms with Crippen LogP contribution in [0.3, 0.4) is 0 Å². The smallest absolute Gasteiger partial charge is 0.277 e. The van der Waals surface area contributed by atoms with Crippen LogP contribution in [-0.2, 0) is 4.79 Å². The Bertz CT molecular complexity index is 1010. The van der Waals surface area contributed by atoms with Crippen LogP contribution in [0.5, 0.6) is 0 Å². The molecule has 1 atom stereocenters. The SMILES string of the molecule is Cc1cccc(C)c1NC(=O)[C@H](C)Sc1nnc(-c2cccc([N+](=O)[O-])c2)o1. The van der Waals surface area contributed by atoms with Gasteiger partial charge < -0.3 is 9.73 Å². The van der Waals surface area contributed by atoms with Crippen molar-refractivity contribution in [2.75, 3.05) is 5.32 Å². The number of thioether (sulfide) groups is 1. The number of benzene rings is 2. The molecule has 0 saturated heterocycles. The van der Waals surface area contributed by atoms with Gasteiger partial charge in [0.25, 0.3) is 10.9 Å². The molecule has 9 heteroatoms. The molecule has 3 rings (SSSR count). The quantitative estimate of drug-likeness (QED) is 0.372. The van der Waals surface area contributed by atoms with Gasteiger partial charge in [0.1, 0.15) is 0 Å². The normalized spacial score (nSPS) is 11.8. The second-order valence-corrected chi connectivity index (χ2v) is 7.49. The van der Waals surface area contributed by atoms with E-state index >= 15 is 0 Å². The minimum atomic E-state index is -0.491. The van der Waals surface area contributed by atoms with Crippen LogP contribution in [0, 0.1) is 24.0 Å². The predicted molar refractivity (Wildman–Crippen MR) is 106 cm³/mol. The Balaban J connectivity index is 1.70. The largest absolute Gasteiger partial charge is 0.411 e. The maximum Gasteiger partial charge on any atom is 0.277 e. The van der Waals surface area contributed by atoms with Crippen LogP contribution in [0.4, 0.5) is 11.4 Å². The van der Waals surface area contributed by atoms with Crippen molar-refractivity contribution in [3.8, 4) is 11.5 Å². The first-order chi connectivity index (χ1) is 13.3. The first kappa shape index (κ1) is 19.6. The van der Waals surface area contributed by atoms with Crippen molar-refractivity contribution in [2.24, 2.45) is 0 Å². The second kappa shape index (κ2) is 8.22. The maximum atomic E-state index is 12.5. The number of hydrogen-bond donors (Lipinski definition) is 1. The summed E-state index contributed by atoms with van der Waals surface area (Å²) in [5.74, 6) is -0.0222. The third-order valence-corrected chi connectivity index (χ3v) is 5.02.